The highest BCUT2D eigenvalue weighted by atomic mass is 32.2. The number of carbonyl (C=O) groups excluding carboxylic acids is 1. The van der Waals surface area contributed by atoms with Gasteiger partial charge in [0.1, 0.15) is 11.6 Å². The van der Waals surface area contributed by atoms with Crippen LogP contribution in [0.5, 0.6) is 0 Å². The average molecular weight is 288 g/mol. The van der Waals surface area contributed by atoms with E-state index in [9.17, 15) is 17.8 Å². The van der Waals surface area contributed by atoms with E-state index in [4.69, 9.17) is 4.74 Å². The summed E-state index contributed by atoms with van der Waals surface area (Å²) in [5.74, 6) is -2.75. The summed E-state index contributed by atoms with van der Waals surface area (Å²) in [4.78, 5) is 11.8. The fraction of sp³-hybridized carbons (Fsp3) is 0.462. The first-order valence-corrected chi connectivity index (χ1v) is 7.50. The van der Waals surface area contributed by atoms with Crippen LogP contribution in [0.15, 0.2) is 18.2 Å². The van der Waals surface area contributed by atoms with Crippen molar-refractivity contribution in [2.24, 2.45) is 0 Å². The molecule has 0 saturated carbocycles. The third-order valence-corrected chi connectivity index (χ3v) is 4.26. The van der Waals surface area contributed by atoms with Crippen LogP contribution in [0.1, 0.15) is 23.2 Å². The number of hydrogen-bond donors (Lipinski definition) is 0. The summed E-state index contributed by atoms with van der Waals surface area (Å²) in [6, 6.07) is 3.21. The van der Waals surface area contributed by atoms with Crippen LogP contribution in [0, 0.1) is 11.6 Å². The molecule has 0 radical (unpaired) electrons. The van der Waals surface area contributed by atoms with Crippen LogP contribution in [0.2, 0.25) is 0 Å². The molecule has 2 unspecified atom stereocenters. The molecule has 1 aromatic carbocycles. The molecule has 0 spiro atoms. The summed E-state index contributed by atoms with van der Waals surface area (Å²) in [5.41, 5.74) is -0.608. The molecule has 0 N–H and O–H groups in total. The summed E-state index contributed by atoms with van der Waals surface area (Å²) in [6.45, 7) is 0.637. The molecule has 0 amide bonds. The number of ether oxygens (including phenoxy) is 1. The lowest BCUT2D eigenvalue weighted by Crippen LogP contribution is -2.22. The molecule has 0 bridgehead atoms. The predicted octanol–water partition coefficient (Wildman–Crippen LogP) is 2.08. The van der Waals surface area contributed by atoms with Crippen LogP contribution in [-0.2, 0) is 15.5 Å². The monoisotopic (exact) mass is 288 g/mol. The Morgan fingerprint density at radius 1 is 1.37 bits per heavy atom. The third kappa shape index (κ3) is 3.67. The normalized spacial score (nSPS) is 20.4. The molecule has 1 aliphatic rings. The Morgan fingerprint density at radius 3 is 2.63 bits per heavy atom. The molecule has 6 heteroatoms. The highest BCUT2D eigenvalue weighted by Crippen LogP contribution is 2.15. The van der Waals surface area contributed by atoms with Gasteiger partial charge in [-0.25, -0.2) is 8.78 Å². The van der Waals surface area contributed by atoms with E-state index in [-0.39, 0.29) is 17.6 Å². The van der Waals surface area contributed by atoms with Crippen LogP contribution in [0.4, 0.5) is 8.78 Å². The Balaban J connectivity index is 1.98. The van der Waals surface area contributed by atoms with Gasteiger partial charge in [-0.15, -0.1) is 0 Å². The van der Waals surface area contributed by atoms with Crippen molar-refractivity contribution in [3.05, 3.63) is 35.4 Å². The Labute approximate surface area is 112 Å². The minimum absolute atomic E-state index is 0.112. The van der Waals surface area contributed by atoms with E-state index >= 15 is 0 Å². The van der Waals surface area contributed by atoms with Crippen molar-refractivity contribution in [1.29, 1.82) is 0 Å². The first kappa shape index (κ1) is 14.3. The smallest absolute Gasteiger partial charge is 0.181 e. The molecule has 0 aromatic heterocycles. The second-order valence-corrected chi connectivity index (χ2v) is 5.91. The molecular weight excluding hydrogens is 274 g/mol. The number of Topliss-reactive ketones (excluding diaryl/α,β-unsaturated/α-hetero) is 1. The van der Waals surface area contributed by atoms with Gasteiger partial charge in [0.15, 0.2) is 5.78 Å². The molecule has 2 rings (SSSR count). The number of benzene rings is 1. The zero-order valence-electron chi connectivity index (χ0n) is 10.2. The number of rotatable bonds is 5. The summed E-state index contributed by atoms with van der Waals surface area (Å²) >= 11 is 0. The van der Waals surface area contributed by atoms with Crippen molar-refractivity contribution >= 4 is 16.6 Å². The van der Waals surface area contributed by atoms with Crippen molar-refractivity contribution in [2.45, 2.75) is 18.9 Å². The fourth-order valence-corrected chi connectivity index (χ4v) is 3.26. The largest absolute Gasteiger partial charge is 0.377 e. The third-order valence-electron chi connectivity index (χ3n) is 2.93. The predicted molar refractivity (Wildman–Crippen MR) is 67.5 cm³/mol. The number of hydrogen-bond acceptors (Lipinski definition) is 3. The van der Waals surface area contributed by atoms with Gasteiger partial charge in [-0.05, 0) is 25.0 Å². The van der Waals surface area contributed by atoms with Gasteiger partial charge in [-0.2, -0.15) is 0 Å². The SMILES string of the molecule is O=C(CS(=O)CC1CCCO1)c1c(F)cccc1F. The Morgan fingerprint density at radius 2 is 2.05 bits per heavy atom. The van der Waals surface area contributed by atoms with Gasteiger partial charge >= 0.3 is 0 Å². The Bertz CT molecular complexity index is 478. The summed E-state index contributed by atoms with van der Waals surface area (Å²) in [7, 11) is -1.46. The molecule has 1 aliphatic heterocycles. The van der Waals surface area contributed by atoms with E-state index in [0.717, 1.165) is 25.0 Å². The van der Waals surface area contributed by atoms with Gasteiger partial charge in [-0.3, -0.25) is 9.00 Å². The first-order chi connectivity index (χ1) is 9.08. The van der Waals surface area contributed by atoms with Crippen LogP contribution < -0.4 is 0 Å². The molecule has 3 nitrogen and oxygen atoms in total. The lowest BCUT2D eigenvalue weighted by molar-refractivity contribution is 0.101. The van der Waals surface area contributed by atoms with Gasteiger partial charge in [0.25, 0.3) is 0 Å². The maximum Gasteiger partial charge on any atom is 0.181 e. The van der Waals surface area contributed by atoms with Crippen LogP contribution in [-0.4, -0.2) is 34.2 Å². The van der Waals surface area contributed by atoms with Crippen LogP contribution >= 0.6 is 0 Å². The van der Waals surface area contributed by atoms with Gasteiger partial charge in [0, 0.05) is 17.4 Å². The fourth-order valence-electron chi connectivity index (χ4n) is 2.02. The van der Waals surface area contributed by atoms with E-state index < -0.39 is 33.8 Å². The van der Waals surface area contributed by atoms with E-state index in [1.807, 2.05) is 0 Å². The number of carbonyl (C=O) groups is 1. The lowest BCUT2D eigenvalue weighted by Gasteiger charge is -2.09. The summed E-state index contributed by atoms with van der Waals surface area (Å²) in [6.07, 6.45) is 1.62. The van der Waals surface area contributed by atoms with Gasteiger partial charge < -0.3 is 4.74 Å². The summed E-state index contributed by atoms with van der Waals surface area (Å²) < 4.78 is 43.8. The van der Waals surface area contributed by atoms with E-state index in [1.54, 1.807) is 0 Å². The standard InChI is InChI=1S/C13H14F2O3S/c14-10-4-1-5-11(15)13(10)12(16)8-19(17)7-9-3-2-6-18-9/h1,4-5,9H,2-3,6-8H2. The molecule has 0 aliphatic carbocycles. The van der Waals surface area contributed by atoms with Crippen molar-refractivity contribution in [3.8, 4) is 0 Å². The minimum atomic E-state index is -1.46. The lowest BCUT2D eigenvalue weighted by atomic mass is 10.1. The molecule has 1 heterocycles. The van der Waals surface area contributed by atoms with Gasteiger partial charge in [0.05, 0.1) is 23.2 Å². The Kier molecular flexibility index (Phi) is 4.76. The van der Waals surface area contributed by atoms with Gasteiger partial charge in [-0.1, -0.05) is 6.07 Å². The second kappa shape index (κ2) is 6.34. The van der Waals surface area contributed by atoms with Crippen molar-refractivity contribution in [3.63, 3.8) is 0 Å². The van der Waals surface area contributed by atoms with Crippen LogP contribution in [0.3, 0.4) is 0 Å². The molecule has 2 atom stereocenters. The van der Waals surface area contributed by atoms with E-state index in [0.29, 0.717) is 6.61 Å². The Hall–Kier alpha value is -1.14. The molecular formula is C13H14F2O3S. The molecule has 104 valence electrons. The summed E-state index contributed by atoms with van der Waals surface area (Å²) in [5, 5.41) is 0. The highest BCUT2D eigenvalue weighted by molar-refractivity contribution is 7.85. The van der Waals surface area contributed by atoms with E-state index in [2.05, 4.69) is 0 Å². The second-order valence-electron chi connectivity index (χ2n) is 4.41. The molecule has 1 fully saturated rings. The molecule has 1 saturated heterocycles. The zero-order valence-corrected chi connectivity index (χ0v) is 11.1. The minimum Gasteiger partial charge on any atom is -0.377 e. The first-order valence-electron chi connectivity index (χ1n) is 6.01. The maximum atomic E-state index is 13.4. The maximum absolute atomic E-state index is 13.4. The number of ketones is 1. The zero-order chi connectivity index (χ0) is 13.8. The number of halogens is 2. The van der Waals surface area contributed by atoms with Crippen molar-refractivity contribution in [2.75, 3.05) is 18.1 Å². The van der Waals surface area contributed by atoms with Gasteiger partial charge in [0.2, 0.25) is 0 Å². The average Bonchev–Trinajstić information content (AvgIpc) is 2.81. The quantitative estimate of drug-likeness (QED) is 0.779. The van der Waals surface area contributed by atoms with Crippen LogP contribution in [0.25, 0.3) is 0 Å². The van der Waals surface area contributed by atoms with E-state index in [1.165, 1.54) is 6.07 Å². The molecule has 1 aromatic rings. The van der Waals surface area contributed by atoms with Crippen molar-refractivity contribution < 1.29 is 22.5 Å². The van der Waals surface area contributed by atoms with Crippen molar-refractivity contribution in [1.82, 2.24) is 0 Å². The highest BCUT2D eigenvalue weighted by Gasteiger charge is 2.23. The molecule has 19 heavy (non-hydrogen) atoms. The topological polar surface area (TPSA) is 43.4 Å².